The molecule has 2 aliphatic heterocycles. The minimum Gasteiger partial charge on any atom is -0.381 e. The second-order valence-corrected chi connectivity index (χ2v) is 6.97. The molecule has 1 atom stereocenters. The lowest BCUT2D eigenvalue weighted by molar-refractivity contribution is 0.00176. The molecule has 0 bridgehead atoms. The Morgan fingerprint density at radius 2 is 2.18 bits per heavy atom. The minimum absolute atomic E-state index is 0.277. The summed E-state index contributed by atoms with van der Waals surface area (Å²) in [6.07, 6.45) is 4.27. The third-order valence-corrected chi connectivity index (χ3v) is 5.55. The van der Waals surface area contributed by atoms with Crippen LogP contribution in [-0.2, 0) is 11.2 Å². The molecular formula is C17H24ClFN2O. The summed E-state index contributed by atoms with van der Waals surface area (Å²) in [6.45, 7) is 3.71. The molecular weight excluding hydrogens is 303 g/mol. The molecule has 0 saturated carbocycles. The van der Waals surface area contributed by atoms with Gasteiger partial charge in [0.1, 0.15) is 5.82 Å². The maximum atomic E-state index is 13.0. The summed E-state index contributed by atoms with van der Waals surface area (Å²) in [6, 6.07) is 5.15. The Balaban J connectivity index is 1.50. The van der Waals surface area contributed by atoms with E-state index in [0.717, 1.165) is 51.1 Å². The topological polar surface area (TPSA) is 24.5 Å². The molecule has 2 aliphatic rings. The first-order valence-corrected chi connectivity index (χ1v) is 8.43. The predicted octanol–water partition coefficient (Wildman–Crippen LogP) is 2.86. The fraction of sp³-hybridized carbons (Fsp3) is 0.647. The van der Waals surface area contributed by atoms with Crippen LogP contribution in [0.4, 0.5) is 4.39 Å². The van der Waals surface area contributed by atoms with Crippen LogP contribution in [0.25, 0.3) is 0 Å². The average molecular weight is 327 g/mol. The minimum atomic E-state index is -0.277. The highest BCUT2D eigenvalue weighted by Crippen LogP contribution is 2.36. The van der Waals surface area contributed by atoms with Crippen LogP contribution in [0, 0.1) is 5.82 Å². The average Bonchev–Trinajstić information content (AvgIpc) is 2.78. The lowest BCUT2D eigenvalue weighted by Gasteiger charge is -2.39. The van der Waals surface area contributed by atoms with Crippen LogP contribution in [0.15, 0.2) is 18.2 Å². The number of nitrogens with zero attached hydrogens (tertiary/aromatic N) is 1. The van der Waals surface area contributed by atoms with Gasteiger partial charge in [-0.05, 0) is 57.0 Å². The standard InChI is InChI=1S/C17H24ClFN2O/c1-21-12-15(11-17(21)5-8-22-9-6-17)20-7-4-13-2-3-14(19)10-16(13)18/h2-3,10,15,20H,4-9,11-12H2,1H3. The zero-order valence-electron chi connectivity index (χ0n) is 13.1. The zero-order chi connectivity index (χ0) is 15.6. The van der Waals surface area contributed by atoms with E-state index in [0.29, 0.717) is 16.6 Å². The number of benzene rings is 1. The second kappa shape index (κ2) is 6.83. The number of ether oxygens (including phenoxy) is 1. The molecule has 0 amide bonds. The maximum absolute atomic E-state index is 13.0. The summed E-state index contributed by atoms with van der Waals surface area (Å²) in [5.74, 6) is -0.277. The molecule has 3 nitrogen and oxygen atoms in total. The monoisotopic (exact) mass is 326 g/mol. The quantitative estimate of drug-likeness (QED) is 0.921. The second-order valence-electron chi connectivity index (χ2n) is 6.56. The summed E-state index contributed by atoms with van der Waals surface area (Å²) in [5.41, 5.74) is 1.33. The van der Waals surface area contributed by atoms with Crippen LogP contribution in [0.2, 0.25) is 5.02 Å². The van der Waals surface area contributed by atoms with Crippen molar-refractivity contribution in [1.82, 2.24) is 10.2 Å². The van der Waals surface area contributed by atoms with Crippen LogP contribution in [0.5, 0.6) is 0 Å². The van der Waals surface area contributed by atoms with E-state index >= 15 is 0 Å². The van der Waals surface area contributed by atoms with Gasteiger partial charge < -0.3 is 10.1 Å². The van der Waals surface area contributed by atoms with Gasteiger partial charge >= 0.3 is 0 Å². The number of likely N-dealkylation sites (tertiary alicyclic amines) is 1. The zero-order valence-corrected chi connectivity index (χ0v) is 13.8. The van der Waals surface area contributed by atoms with Crippen molar-refractivity contribution in [1.29, 1.82) is 0 Å². The lowest BCUT2D eigenvalue weighted by Crippen LogP contribution is -2.45. The van der Waals surface area contributed by atoms with Crippen LogP contribution < -0.4 is 5.32 Å². The molecule has 1 N–H and O–H groups in total. The van der Waals surface area contributed by atoms with E-state index in [1.807, 2.05) is 0 Å². The molecule has 5 heteroatoms. The van der Waals surface area contributed by atoms with Gasteiger partial charge in [0.05, 0.1) is 0 Å². The van der Waals surface area contributed by atoms with E-state index < -0.39 is 0 Å². The first kappa shape index (κ1) is 16.2. The molecule has 1 spiro atoms. The van der Waals surface area contributed by atoms with E-state index in [-0.39, 0.29) is 5.82 Å². The third kappa shape index (κ3) is 3.46. The summed E-state index contributed by atoms with van der Waals surface area (Å²) in [4.78, 5) is 2.50. The molecule has 2 heterocycles. The Morgan fingerprint density at radius 1 is 1.41 bits per heavy atom. The molecule has 0 aliphatic carbocycles. The Hall–Kier alpha value is -0.680. The van der Waals surface area contributed by atoms with E-state index in [1.165, 1.54) is 18.6 Å². The number of hydrogen-bond donors (Lipinski definition) is 1. The van der Waals surface area contributed by atoms with Gasteiger partial charge in [0.2, 0.25) is 0 Å². The van der Waals surface area contributed by atoms with Crippen molar-refractivity contribution < 1.29 is 9.13 Å². The molecule has 1 aromatic rings. The summed E-state index contributed by atoms with van der Waals surface area (Å²) in [5, 5.41) is 4.16. The van der Waals surface area contributed by atoms with E-state index in [4.69, 9.17) is 16.3 Å². The third-order valence-electron chi connectivity index (χ3n) is 5.20. The fourth-order valence-electron chi connectivity index (χ4n) is 3.81. The molecule has 0 aromatic heterocycles. The Bertz CT molecular complexity index is 519. The van der Waals surface area contributed by atoms with Crippen LogP contribution in [0.3, 0.4) is 0 Å². The number of rotatable bonds is 4. The van der Waals surface area contributed by atoms with Crippen molar-refractivity contribution in [3.8, 4) is 0 Å². The van der Waals surface area contributed by atoms with Gasteiger partial charge in [-0.3, -0.25) is 4.90 Å². The number of hydrogen-bond acceptors (Lipinski definition) is 3. The van der Waals surface area contributed by atoms with Gasteiger partial charge in [-0.15, -0.1) is 0 Å². The molecule has 2 saturated heterocycles. The van der Waals surface area contributed by atoms with Gasteiger partial charge in [-0.25, -0.2) is 4.39 Å². The van der Waals surface area contributed by atoms with Gasteiger partial charge in [-0.2, -0.15) is 0 Å². The smallest absolute Gasteiger partial charge is 0.124 e. The summed E-state index contributed by atoms with van der Waals surface area (Å²) < 4.78 is 18.6. The largest absolute Gasteiger partial charge is 0.381 e. The highest BCUT2D eigenvalue weighted by molar-refractivity contribution is 6.31. The maximum Gasteiger partial charge on any atom is 0.124 e. The first-order chi connectivity index (χ1) is 10.6. The highest BCUT2D eigenvalue weighted by atomic mass is 35.5. The van der Waals surface area contributed by atoms with Crippen molar-refractivity contribution >= 4 is 11.6 Å². The Labute approximate surface area is 136 Å². The first-order valence-electron chi connectivity index (χ1n) is 8.05. The van der Waals surface area contributed by atoms with Gasteiger partial charge in [0, 0.05) is 36.4 Å². The van der Waals surface area contributed by atoms with E-state index in [9.17, 15) is 4.39 Å². The molecule has 1 aromatic carbocycles. The van der Waals surface area contributed by atoms with Gasteiger partial charge in [-0.1, -0.05) is 17.7 Å². The van der Waals surface area contributed by atoms with Crippen LogP contribution in [0.1, 0.15) is 24.8 Å². The van der Waals surface area contributed by atoms with Gasteiger partial charge in [0.25, 0.3) is 0 Å². The van der Waals surface area contributed by atoms with Crippen LogP contribution >= 0.6 is 11.6 Å². The van der Waals surface area contributed by atoms with Crippen molar-refractivity contribution in [3.05, 3.63) is 34.6 Å². The lowest BCUT2D eigenvalue weighted by atomic mass is 9.86. The molecule has 1 unspecified atom stereocenters. The summed E-state index contributed by atoms with van der Waals surface area (Å²) >= 11 is 6.07. The predicted molar refractivity (Wildman–Crippen MR) is 86.9 cm³/mol. The normalized spacial score (nSPS) is 25.0. The molecule has 2 fully saturated rings. The molecule has 3 rings (SSSR count). The van der Waals surface area contributed by atoms with Gasteiger partial charge in [0.15, 0.2) is 0 Å². The Morgan fingerprint density at radius 3 is 2.91 bits per heavy atom. The van der Waals surface area contributed by atoms with E-state index in [2.05, 4.69) is 17.3 Å². The van der Waals surface area contributed by atoms with Crippen molar-refractivity contribution in [3.63, 3.8) is 0 Å². The van der Waals surface area contributed by atoms with Crippen molar-refractivity contribution in [2.24, 2.45) is 0 Å². The number of likely N-dealkylation sites (N-methyl/N-ethyl adjacent to an activating group) is 1. The number of halogens is 2. The van der Waals surface area contributed by atoms with Crippen molar-refractivity contribution in [2.45, 2.75) is 37.3 Å². The summed E-state index contributed by atoms with van der Waals surface area (Å²) in [7, 11) is 2.23. The molecule has 0 radical (unpaired) electrons. The Kier molecular flexibility index (Phi) is 5.03. The molecule has 122 valence electrons. The number of nitrogens with one attached hydrogen (secondary N) is 1. The fourth-order valence-corrected chi connectivity index (χ4v) is 4.07. The molecule has 22 heavy (non-hydrogen) atoms. The van der Waals surface area contributed by atoms with Crippen LogP contribution in [-0.4, -0.2) is 49.8 Å². The van der Waals surface area contributed by atoms with Crippen molar-refractivity contribution in [2.75, 3.05) is 33.4 Å². The van der Waals surface area contributed by atoms with E-state index in [1.54, 1.807) is 6.07 Å². The highest BCUT2D eigenvalue weighted by Gasteiger charge is 2.44. The SMILES string of the molecule is CN1CC(NCCc2ccc(F)cc2Cl)CC12CCOCC2.